The van der Waals surface area contributed by atoms with Crippen LogP contribution in [0.1, 0.15) is 31.2 Å². The fourth-order valence-corrected chi connectivity index (χ4v) is 3.94. The summed E-state index contributed by atoms with van der Waals surface area (Å²) >= 11 is 0. The van der Waals surface area contributed by atoms with Gasteiger partial charge in [0, 0.05) is 6.54 Å². The molecule has 0 aromatic heterocycles. The highest BCUT2D eigenvalue weighted by Gasteiger charge is 2.39. The van der Waals surface area contributed by atoms with E-state index >= 15 is 0 Å². The molecule has 30 heavy (non-hydrogen) atoms. The van der Waals surface area contributed by atoms with Gasteiger partial charge in [-0.15, -0.1) is 0 Å². The number of hydrazone groups is 1. The van der Waals surface area contributed by atoms with E-state index in [1.807, 2.05) is 18.2 Å². The van der Waals surface area contributed by atoms with Crippen molar-refractivity contribution < 1.29 is 18.8 Å². The maximum Gasteiger partial charge on any atom is 0.275 e. The van der Waals surface area contributed by atoms with Gasteiger partial charge in [-0.25, -0.2) is 4.39 Å². The number of carbonyl (C=O) groups is 3. The van der Waals surface area contributed by atoms with Crippen LogP contribution in [0.25, 0.3) is 0 Å². The predicted molar refractivity (Wildman–Crippen MR) is 110 cm³/mol. The van der Waals surface area contributed by atoms with Crippen molar-refractivity contribution in [1.29, 1.82) is 0 Å². The lowest BCUT2D eigenvalue weighted by atomic mass is 9.65. The van der Waals surface area contributed by atoms with E-state index in [1.54, 1.807) is 0 Å². The van der Waals surface area contributed by atoms with Gasteiger partial charge in [-0.2, -0.15) is 10.1 Å². The molecule has 2 amide bonds. The number of rotatable bonds is 6. The quantitative estimate of drug-likeness (QED) is 0.748. The molecule has 7 heteroatoms. The molecule has 1 saturated carbocycles. The summed E-state index contributed by atoms with van der Waals surface area (Å²) in [6.07, 6.45) is 3.52. The molecular weight excluding hydrogens is 385 g/mol. The van der Waals surface area contributed by atoms with E-state index < -0.39 is 29.8 Å². The van der Waals surface area contributed by atoms with Crippen molar-refractivity contribution in [2.24, 2.45) is 10.5 Å². The minimum Gasteiger partial charge on any atom is -0.350 e. The highest BCUT2D eigenvalue weighted by Crippen LogP contribution is 2.43. The molecule has 2 aromatic rings. The highest BCUT2D eigenvalue weighted by molar-refractivity contribution is 6.67. The first-order valence-corrected chi connectivity index (χ1v) is 9.98. The van der Waals surface area contributed by atoms with Crippen LogP contribution in [0, 0.1) is 11.2 Å². The molecule has 4 rings (SSSR count). The van der Waals surface area contributed by atoms with Crippen LogP contribution in [0.3, 0.4) is 0 Å². The zero-order valence-corrected chi connectivity index (χ0v) is 16.4. The molecule has 1 aliphatic heterocycles. The van der Waals surface area contributed by atoms with E-state index in [-0.39, 0.29) is 11.1 Å². The van der Waals surface area contributed by atoms with Crippen LogP contribution < -0.4 is 10.3 Å². The average molecular weight is 407 g/mol. The summed E-state index contributed by atoms with van der Waals surface area (Å²) in [5, 5.41) is 7.83. The number of ketones is 1. The summed E-state index contributed by atoms with van der Waals surface area (Å²) in [6.45, 7) is 0.442. The van der Waals surface area contributed by atoms with Gasteiger partial charge in [0.2, 0.25) is 0 Å². The number of anilines is 1. The summed E-state index contributed by atoms with van der Waals surface area (Å²) in [5.74, 6) is -2.20. The van der Waals surface area contributed by atoms with E-state index in [2.05, 4.69) is 22.6 Å². The lowest BCUT2D eigenvalue weighted by molar-refractivity contribution is -0.125. The third-order valence-corrected chi connectivity index (χ3v) is 5.76. The Bertz CT molecular complexity index is 998. The molecule has 0 atom stereocenters. The maximum absolute atomic E-state index is 13.2. The smallest absolute Gasteiger partial charge is 0.275 e. The minimum atomic E-state index is -0.610. The predicted octanol–water partition coefficient (Wildman–Crippen LogP) is 3.02. The number of halogens is 1. The third kappa shape index (κ3) is 4.15. The number of hydrogen-bond acceptors (Lipinski definition) is 4. The Morgan fingerprint density at radius 1 is 1.07 bits per heavy atom. The van der Waals surface area contributed by atoms with Crippen molar-refractivity contribution in [1.82, 2.24) is 5.32 Å². The fourth-order valence-electron chi connectivity index (χ4n) is 3.94. The van der Waals surface area contributed by atoms with Crippen molar-refractivity contribution in [3.05, 3.63) is 66.0 Å². The van der Waals surface area contributed by atoms with Gasteiger partial charge < -0.3 is 5.32 Å². The molecule has 1 N–H and O–H groups in total. The summed E-state index contributed by atoms with van der Waals surface area (Å²) in [5.41, 5.74) is 1.19. The highest BCUT2D eigenvalue weighted by atomic mass is 19.1. The Balaban J connectivity index is 1.47. The summed E-state index contributed by atoms with van der Waals surface area (Å²) in [6, 6.07) is 15.3. The van der Waals surface area contributed by atoms with Crippen LogP contribution in [0.5, 0.6) is 0 Å². The van der Waals surface area contributed by atoms with Crippen LogP contribution >= 0.6 is 0 Å². The number of amides is 2. The van der Waals surface area contributed by atoms with E-state index in [0.717, 1.165) is 30.7 Å². The second kappa shape index (κ2) is 8.18. The first-order valence-electron chi connectivity index (χ1n) is 9.98. The van der Waals surface area contributed by atoms with E-state index in [1.165, 1.54) is 29.8 Å². The molecule has 2 aliphatic rings. The lowest BCUT2D eigenvalue weighted by Gasteiger charge is -2.42. The molecule has 0 bridgehead atoms. The topological polar surface area (TPSA) is 78.8 Å². The molecule has 6 nitrogen and oxygen atoms in total. The average Bonchev–Trinajstić information content (AvgIpc) is 2.71. The molecule has 0 unspecified atom stereocenters. The molecule has 0 saturated heterocycles. The van der Waals surface area contributed by atoms with Gasteiger partial charge in [-0.1, -0.05) is 36.8 Å². The van der Waals surface area contributed by atoms with Crippen molar-refractivity contribution in [3.63, 3.8) is 0 Å². The van der Waals surface area contributed by atoms with Crippen LogP contribution in [0.15, 0.2) is 59.7 Å². The maximum atomic E-state index is 13.2. The molecular formula is C23H22FN3O3. The summed E-state index contributed by atoms with van der Waals surface area (Å²) < 4.78 is 13.2. The Labute approximate surface area is 173 Å². The minimum absolute atomic E-state index is 0.0260. The SMILES string of the molecule is O=C1CC(=O)N(c2ccc(F)cc2)N=C1C(=O)NCC1(Cc2ccccc2)CCC1. The second-order valence-corrected chi connectivity index (χ2v) is 7.93. The monoisotopic (exact) mass is 407 g/mol. The zero-order chi connectivity index (χ0) is 21.1. The number of nitrogens with one attached hydrogen (secondary N) is 1. The zero-order valence-electron chi connectivity index (χ0n) is 16.4. The van der Waals surface area contributed by atoms with Crippen molar-refractivity contribution in [2.45, 2.75) is 32.1 Å². The van der Waals surface area contributed by atoms with Crippen molar-refractivity contribution in [3.8, 4) is 0 Å². The van der Waals surface area contributed by atoms with Crippen LogP contribution in [0.4, 0.5) is 10.1 Å². The van der Waals surface area contributed by atoms with E-state index in [9.17, 15) is 18.8 Å². The van der Waals surface area contributed by atoms with Gasteiger partial charge in [0.15, 0.2) is 11.5 Å². The van der Waals surface area contributed by atoms with E-state index in [4.69, 9.17) is 0 Å². The lowest BCUT2D eigenvalue weighted by Crippen LogP contribution is -2.49. The van der Waals surface area contributed by atoms with Crippen LogP contribution in [0.2, 0.25) is 0 Å². The van der Waals surface area contributed by atoms with Crippen LogP contribution in [-0.4, -0.2) is 29.9 Å². The Morgan fingerprint density at radius 3 is 2.40 bits per heavy atom. The van der Waals surface area contributed by atoms with Gasteiger partial charge in [0.1, 0.15) is 5.82 Å². The van der Waals surface area contributed by atoms with Gasteiger partial charge in [-0.05, 0) is 54.5 Å². The van der Waals surface area contributed by atoms with Crippen molar-refractivity contribution >= 4 is 29.0 Å². The number of Topliss-reactive ketones (excluding diaryl/α,β-unsaturated/α-hetero) is 1. The van der Waals surface area contributed by atoms with Gasteiger partial charge in [0.05, 0.1) is 12.1 Å². The normalized spacial score (nSPS) is 17.9. The molecule has 0 radical (unpaired) electrons. The number of benzene rings is 2. The van der Waals surface area contributed by atoms with Crippen molar-refractivity contribution in [2.75, 3.05) is 11.6 Å². The molecule has 1 aliphatic carbocycles. The molecule has 154 valence electrons. The van der Waals surface area contributed by atoms with Gasteiger partial charge in [0.25, 0.3) is 11.8 Å². The standard InChI is InChI=1S/C23H22FN3O3/c24-17-7-9-18(10-8-17)27-20(29)13-19(28)21(26-27)22(30)25-15-23(11-4-12-23)14-16-5-2-1-3-6-16/h1-3,5-10H,4,11-15H2,(H,25,30). The number of hydrogen-bond donors (Lipinski definition) is 1. The molecule has 0 spiro atoms. The number of nitrogens with zero attached hydrogens (tertiary/aromatic N) is 2. The Hall–Kier alpha value is -3.35. The Kier molecular flexibility index (Phi) is 5.44. The number of carbonyl (C=O) groups excluding carboxylic acids is 3. The van der Waals surface area contributed by atoms with Gasteiger partial charge >= 0.3 is 0 Å². The van der Waals surface area contributed by atoms with Gasteiger partial charge in [-0.3, -0.25) is 14.4 Å². The first kappa shape index (κ1) is 19.9. The summed E-state index contributed by atoms with van der Waals surface area (Å²) in [7, 11) is 0. The largest absolute Gasteiger partial charge is 0.350 e. The molecule has 2 aromatic carbocycles. The Morgan fingerprint density at radius 2 is 1.77 bits per heavy atom. The van der Waals surface area contributed by atoms with Crippen LogP contribution in [-0.2, 0) is 20.8 Å². The first-order chi connectivity index (χ1) is 14.5. The summed E-state index contributed by atoms with van der Waals surface area (Å²) in [4.78, 5) is 37.2. The third-order valence-electron chi connectivity index (χ3n) is 5.76. The second-order valence-electron chi connectivity index (χ2n) is 7.93. The molecule has 1 fully saturated rings. The fraction of sp³-hybridized carbons (Fsp3) is 0.304. The molecule has 1 heterocycles. The van der Waals surface area contributed by atoms with E-state index in [0.29, 0.717) is 12.2 Å².